The van der Waals surface area contributed by atoms with Crippen LogP contribution >= 0.6 is 11.8 Å². The number of thioether (sulfide) groups is 1. The summed E-state index contributed by atoms with van der Waals surface area (Å²) in [5.41, 5.74) is 2.36. The first-order valence-corrected chi connectivity index (χ1v) is 4.72. The van der Waals surface area contributed by atoms with Gasteiger partial charge in [-0.15, -0.1) is 0 Å². The van der Waals surface area contributed by atoms with Gasteiger partial charge in [0.05, 0.1) is 12.0 Å². The van der Waals surface area contributed by atoms with E-state index in [0.717, 1.165) is 22.4 Å². The van der Waals surface area contributed by atoms with Crippen molar-refractivity contribution >= 4 is 11.8 Å². The fraction of sp³-hybridized carbons (Fsp3) is 0.300. The minimum Gasteiger partial charge on any atom is -0.496 e. The van der Waals surface area contributed by atoms with Crippen LogP contribution in [0.25, 0.3) is 0 Å². The molecule has 0 aliphatic heterocycles. The Morgan fingerprint density at radius 2 is 1.92 bits per heavy atom. The molecule has 1 rings (SSSR count). The minimum atomic E-state index is 0.773. The van der Waals surface area contributed by atoms with Gasteiger partial charge >= 0.3 is 0 Å². The number of thiocyanates is 1. The highest BCUT2D eigenvalue weighted by Gasteiger charge is 2.05. The van der Waals surface area contributed by atoms with Gasteiger partial charge in [-0.1, -0.05) is 0 Å². The van der Waals surface area contributed by atoms with Crippen LogP contribution in [0.15, 0.2) is 17.0 Å². The van der Waals surface area contributed by atoms with Gasteiger partial charge in [-0.2, -0.15) is 5.26 Å². The third-order valence-electron chi connectivity index (χ3n) is 1.94. The third-order valence-corrected chi connectivity index (χ3v) is 2.57. The molecular weight excluding hydrogens is 182 g/mol. The Labute approximate surface area is 82.5 Å². The van der Waals surface area contributed by atoms with E-state index in [2.05, 4.69) is 0 Å². The molecule has 0 aliphatic rings. The van der Waals surface area contributed by atoms with Gasteiger partial charge in [0.2, 0.25) is 0 Å². The first-order chi connectivity index (χ1) is 6.19. The molecule has 68 valence electrons. The lowest BCUT2D eigenvalue weighted by molar-refractivity contribution is 0.404. The van der Waals surface area contributed by atoms with Crippen LogP contribution in [0.2, 0.25) is 0 Å². The zero-order valence-corrected chi connectivity index (χ0v) is 8.73. The van der Waals surface area contributed by atoms with Gasteiger partial charge in [-0.05, 0) is 48.9 Å². The van der Waals surface area contributed by atoms with Gasteiger partial charge in [-0.25, -0.2) is 0 Å². The highest BCUT2D eigenvalue weighted by molar-refractivity contribution is 8.03. The highest BCUT2D eigenvalue weighted by atomic mass is 32.2. The summed E-state index contributed by atoms with van der Waals surface area (Å²) in [5, 5.41) is 10.6. The quantitative estimate of drug-likeness (QED) is 0.535. The Morgan fingerprint density at radius 1 is 1.31 bits per heavy atom. The van der Waals surface area contributed by atoms with E-state index in [9.17, 15) is 0 Å². The average Bonchev–Trinajstić information content (AvgIpc) is 2.11. The molecule has 0 aromatic heterocycles. The summed E-state index contributed by atoms with van der Waals surface area (Å²) in [6.07, 6.45) is 0. The van der Waals surface area contributed by atoms with Crippen molar-refractivity contribution in [3.05, 3.63) is 23.3 Å². The number of ether oxygens (including phenoxy) is 1. The molecule has 0 N–H and O–H groups in total. The zero-order chi connectivity index (χ0) is 9.84. The van der Waals surface area contributed by atoms with E-state index in [0.29, 0.717) is 0 Å². The largest absolute Gasteiger partial charge is 0.496 e. The summed E-state index contributed by atoms with van der Waals surface area (Å²) >= 11 is 1.13. The molecule has 3 heteroatoms. The Balaban J connectivity index is 3.18. The second kappa shape index (κ2) is 4.20. The number of hydrogen-bond donors (Lipinski definition) is 0. The van der Waals surface area contributed by atoms with Gasteiger partial charge in [0.1, 0.15) is 11.2 Å². The van der Waals surface area contributed by atoms with Gasteiger partial charge in [0.15, 0.2) is 0 Å². The van der Waals surface area contributed by atoms with Crippen molar-refractivity contribution < 1.29 is 4.74 Å². The maximum Gasteiger partial charge on any atom is 0.138 e. The molecule has 2 nitrogen and oxygen atoms in total. The molecule has 0 bridgehead atoms. The second-order valence-electron chi connectivity index (χ2n) is 2.78. The number of hydrogen-bond acceptors (Lipinski definition) is 3. The second-order valence-corrected chi connectivity index (χ2v) is 3.61. The molecule has 0 amide bonds. The van der Waals surface area contributed by atoms with Crippen molar-refractivity contribution in [2.75, 3.05) is 7.11 Å². The normalized spacial score (nSPS) is 9.38. The first kappa shape index (κ1) is 9.94. The standard InChI is InChI=1S/C10H11NOS/c1-7-4-9(12-3)10(13-6-11)5-8(7)2/h4-5H,1-3H3. The van der Waals surface area contributed by atoms with E-state index >= 15 is 0 Å². The molecule has 0 saturated carbocycles. The molecule has 0 heterocycles. The van der Waals surface area contributed by atoms with Crippen molar-refractivity contribution in [2.45, 2.75) is 18.7 Å². The number of benzene rings is 1. The number of rotatable bonds is 2. The van der Waals surface area contributed by atoms with Crippen LogP contribution in [0.1, 0.15) is 11.1 Å². The predicted octanol–water partition coefficient (Wildman–Crippen LogP) is 2.89. The fourth-order valence-corrected chi connectivity index (χ4v) is 1.63. The van der Waals surface area contributed by atoms with Crippen LogP contribution in [0.5, 0.6) is 5.75 Å². The summed E-state index contributed by atoms with van der Waals surface area (Å²) in [6, 6.07) is 3.93. The molecule has 0 spiro atoms. The third kappa shape index (κ3) is 2.16. The predicted molar refractivity (Wildman–Crippen MR) is 53.9 cm³/mol. The van der Waals surface area contributed by atoms with Crippen LogP contribution in [-0.4, -0.2) is 7.11 Å². The number of methoxy groups -OCH3 is 1. The van der Waals surface area contributed by atoms with Gasteiger partial charge in [0.25, 0.3) is 0 Å². The average molecular weight is 193 g/mol. The van der Waals surface area contributed by atoms with Crippen molar-refractivity contribution in [3.8, 4) is 11.2 Å². The van der Waals surface area contributed by atoms with E-state index in [1.807, 2.05) is 31.4 Å². The monoisotopic (exact) mass is 193 g/mol. The van der Waals surface area contributed by atoms with Gasteiger partial charge in [-0.3, -0.25) is 0 Å². The number of aryl methyl sites for hydroxylation is 2. The summed E-state index contributed by atoms with van der Waals surface area (Å²) in [6.45, 7) is 4.05. The molecule has 0 unspecified atom stereocenters. The van der Waals surface area contributed by atoms with Crippen LogP contribution in [0, 0.1) is 24.5 Å². The van der Waals surface area contributed by atoms with Crippen LogP contribution in [0.4, 0.5) is 0 Å². The highest BCUT2D eigenvalue weighted by Crippen LogP contribution is 2.31. The Morgan fingerprint density at radius 3 is 2.46 bits per heavy atom. The van der Waals surface area contributed by atoms with E-state index in [4.69, 9.17) is 10.00 Å². The molecule has 0 radical (unpaired) electrons. The van der Waals surface area contributed by atoms with E-state index in [1.54, 1.807) is 7.11 Å². The topological polar surface area (TPSA) is 33.0 Å². The summed E-state index contributed by atoms with van der Waals surface area (Å²) in [5.74, 6) is 0.773. The lowest BCUT2D eigenvalue weighted by Crippen LogP contribution is -1.89. The molecule has 0 saturated heterocycles. The smallest absolute Gasteiger partial charge is 0.138 e. The van der Waals surface area contributed by atoms with Gasteiger partial charge in [0, 0.05) is 0 Å². The van der Waals surface area contributed by atoms with Crippen molar-refractivity contribution in [2.24, 2.45) is 0 Å². The van der Waals surface area contributed by atoms with Crippen molar-refractivity contribution in [3.63, 3.8) is 0 Å². The molecule has 1 aromatic carbocycles. The zero-order valence-electron chi connectivity index (χ0n) is 7.92. The lowest BCUT2D eigenvalue weighted by Gasteiger charge is -2.08. The summed E-state index contributed by atoms with van der Waals surface area (Å²) in [4.78, 5) is 0.883. The fourth-order valence-electron chi connectivity index (χ4n) is 1.05. The van der Waals surface area contributed by atoms with E-state index in [1.165, 1.54) is 11.1 Å². The van der Waals surface area contributed by atoms with Crippen LogP contribution in [-0.2, 0) is 0 Å². The summed E-state index contributed by atoms with van der Waals surface area (Å²) in [7, 11) is 1.62. The van der Waals surface area contributed by atoms with E-state index < -0.39 is 0 Å². The molecule has 13 heavy (non-hydrogen) atoms. The maximum absolute atomic E-state index is 8.56. The van der Waals surface area contributed by atoms with Crippen LogP contribution < -0.4 is 4.74 Å². The number of nitriles is 1. The Hall–Kier alpha value is -1.14. The van der Waals surface area contributed by atoms with E-state index in [-0.39, 0.29) is 0 Å². The molecule has 0 atom stereocenters. The number of nitrogens with zero attached hydrogens (tertiary/aromatic N) is 1. The van der Waals surface area contributed by atoms with Gasteiger partial charge < -0.3 is 4.74 Å². The van der Waals surface area contributed by atoms with Crippen molar-refractivity contribution in [1.29, 1.82) is 5.26 Å². The first-order valence-electron chi connectivity index (χ1n) is 3.90. The van der Waals surface area contributed by atoms with Crippen LogP contribution in [0.3, 0.4) is 0 Å². The SMILES string of the molecule is COc1cc(C)c(C)cc1SC#N. The molecule has 0 fully saturated rings. The lowest BCUT2D eigenvalue weighted by atomic mass is 10.1. The maximum atomic E-state index is 8.56. The Bertz CT molecular complexity index is 355. The minimum absolute atomic E-state index is 0.773. The molecule has 0 aliphatic carbocycles. The molecular formula is C10H11NOS. The van der Waals surface area contributed by atoms with Crippen molar-refractivity contribution in [1.82, 2.24) is 0 Å². The molecule has 1 aromatic rings. The summed E-state index contributed by atoms with van der Waals surface area (Å²) < 4.78 is 5.16. The Kier molecular flexibility index (Phi) is 3.21.